The van der Waals surface area contributed by atoms with Gasteiger partial charge in [0.25, 0.3) is 0 Å². The molecule has 1 aromatic carbocycles. The number of anilines is 1. The van der Waals surface area contributed by atoms with E-state index in [4.69, 9.17) is 5.73 Å². The van der Waals surface area contributed by atoms with Crippen LogP contribution in [0.15, 0.2) is 33.5 Å². The van der Waals surface area contributed by atoms with Gasteiger partial charge in [0, 0.05) is 11.7 Å². The number of nitrogens with one attached hydrogen (secondary N) is 1. The van der Waals surface area contributed by atoms with Crippen LogP contribution in [-0.4, -0.2) is 16.3 Å². The maximum atomic E-state index is 13.1. The molecular weight excluding hydrogens is 258 g/mol. The lowest BCUT2D eigenvalue weighted by molar-refractivity contribution is 0.564. The molecule has 0 bridgehead atoms. The minimum absolute atomic E-state index is 0.00640. The summed E-state index contributed by atoms with van der Waals surface area (Å²) >= 11 is 0. The van der Waals surface area contributed by atoms with E-state index in [1.807, 2.05) is 13.8 Å². The fourth-order valence-corrected chi connectivity index (χ4v) is 3.99. The van der Waals surface area contributed by atoms with Crippen molar-refractivity contribution in [2.45, 2.75) is 57.5 Å². The van der Waals surface area contributed by atoms with Crippen molar-refractivity contribution in [2.24, 2.45) is 4.36 Å². The van der Waals surface area contributed by atoms with E-state index in [1.165, 1.54) is 0 Å². The van der Waals surface area contributed by atoms with Crippen LogP contribution >= 0.6 is 0 Å². The average Bonchev–Trinajstić information content (AvgIpc) is 2.35. The maximum Gasteiger partial charge on any atom is 0.137 e. The van der Waals surface area contributed by atoms with E-state index < -0.39 is 9.92 Å². The molecule has 0 aliphatic rings. The largest absolute Gasteiger partial charge is 0.399 e. The molecular formula is C14H25N3OS. The lowest BCUT2D eigenvalue weighted by Gasteiger charge is -2.20. The number of rotatable bonds is 6. The molecule has 0 spiro atoms. The van der Waals surface area contributed by atoms with Gasteiger partial charge in [-0.15, -0.1) is 0 Å². The molecule has 108 valence electrons. The van der Waals surface area contributed by atoms with Crippen molar-refractivity contribution in [1.29, 1.82) is 0 Å². The molecule has 0 heterocycles. The highest BCUT2D eigenvalue weighted by Crippen LogP contribution is 2.17. The highest BCUT2D eigenvalue weighted by molar-refractivity contribution is 7.91. The van der Waals surface area contributed by atoms with Gasteiger partial charge in [0.15, 0.2) is 0 Å². The third-order valence-electron chi connectivity index (χ3n) is 2.87. The molecule has 1 aromatic rings. The molecule has 1 unspecified atom stereocenters. The Balaban J connectivity index is 3.21. The van der Waals surface area contributed by atoms with Crippen molar-refractivity contribution in [3.05, 3.63) is 24.3 Å². The van der Waals surface area contributed by atoms with Crippen molar-refractivity contribution in [2.75, 3.05) is 5.73 Å². The molecule has 1 atom stereocenters. The zero-order valence-electron chi connectivity index (χ0n) is 12.2. The monoisotopic (exact) mass is 283 g/mol. The first-order valence-electron chi connectivity index (χ1n) is 6.80. The summed E-state index contributed by atoms with van der Waals surface area (Å²) < 4.78 is 20.8. The zero-order chi connectivity index (χ0) is 14.5. The van der Waals surface area contributed by atoms with Crippen LogP contribution in [0, 0.1) is 0 Å². The van der Waals surface area contributed by atoms with E-state index in [9.17, 15) is 4.21 Å². The van der Waals surface area contributed by atoms with Gasteiger partial charge >= 0.3 is 0 Å². The highest BCUT2D eigenvalue weighted by Gasteiger charge is 2.17. The number of nitrogen functional groups attached to an aromatic ring is 1. The van der Waals surface area contributed by atoms with Gasteiger partial charge in [-0.25, -0.2) is 13.3 Å². The second-order valence-corrected chi connectivity index (χ2v) is 6.89. The van der Waals surface area contributed by atoms with Crippen LogP contribution in [-0.2, 0) is 9.92 Å². The smallest absolute Gasteiger partial charge is 0.137 e. The maximum absolute atomic E-state index is 13.1. The summed E-state index contributed by atoms with van der Waals surface area (Å²) in [6, 6.07) is 7.32. The van der Waals surface area contributed by atoms with Gasteiger partial charge in [0.05, 0.1) is 10.9 Å². The van der Waals surface area contributed by atoms with Crippen molar-refractivity contribution < 1.29 is 4.21 Å². The molecule has 0 aliphatic heterocycles. The van der Waals surface area contributed by atoms with Crippen molar-refractivity contribution in [1.82, 2.24) is 4.72 Å². The molecule has 0 fully saturated rings. The van der Waals surface area contributed by atoms with Crippen molar-refractivity contribution in [3.8, 4) is 0 Å². The van der Waals surface area contributed by atoms with Gasteiger partial charge in [0.1, 0.15) is 9.92 Å². The molecule has 0 saturated carbocycles. The standard InChI is InChI=1S/C14H25N3OS/c1-5-13(6-2)17-19(18,16-11(3)4)14-9-7-12(15)8-10-14/h7-11,13H,5-6,15H2,1-4H3,(H,16,17,18). The number of nitrogens with two attached hydrogens (primary N) is 1. The number of hydrogen-bond acceptors (Lipinski definition) is 3. The minimum atomic E-state index is -2.59. The third-order valence-corrected chi connectivity index (χ3v) is 5.15. The second kappa shape index (κ2) is 6.91. The van der Waals surface area contributed by atoms with Crippen LogP contribution < -0.4 is 10.5 Å². The first kappa shape index (κ1) is 16.0. The molecule has 0 amide bonds. The van der Waals surface area contributed by atoms with Gasteiger partial charge in [-0.1, -0.05) is 13.8 Å². The summed E-state index contributed by atoms with van der Waals surface area (Å²) in [4.78, 5) is 0.697. The summed E-state index contributed by atoms with van der Waals surface area (Å²) in [6.07, 6.45) is 1.85. The summed E-state index contributed by atoms with van der Waals surface area (Å²) in [7, 11) is -2.59. The van der Waals surface area contributed by atoms with Gasteiger partial charge in [0.2, 0.25) is 0 Å². The predicted molar refractivity (Wildman–Crippen MR) is 82.3 cm³/mol. The quantitative estimate of drug-likeness (QED) is 0.787. The zero-order valence-corrected chi connectivity index (χ0v) is 13.0. The Morgan fingerprint density at radius 1 is 1.21 bits per heavy atom. The number of benzene rings is 1. The summed E-state index contributed by atoms with van der Waals surface area (Å²) in [5, 5.41) is 0. The molecule has 5 heteroatoms. The van der Waals surface area contributed by atoms with Gasteiger partial charge in [-0.2, -0.15) is 0 Å². The van der Waals surface area contributed by atoms with Gasteiger partial charge in [-0.3, -0.25) is 0 Å². The fraction of sp³-hybridized carbons (Fsp3) is 0.571. The average molecular weight is 283 g/mol. The molecule has 19 heavy (non-hydrogen) atoms. The first-order chi connectivity index (χ1) is 8.91. The van der Waals surface area contributed by atoms with Gasteiger partial charge in [-0.05, 0) is 51.0 Å². The van der Waals surface area contributed by atoms with Crippen LogP contribution in [0.2, 0.25) is 0 Å². The Hall–Kier alpha value is -1.07. The van der Waals surface area contributed by atoms with Crippen molar-refractivity contribution in [3.63, 3.8) is 0 Å². The first-order valence-corrected chi connectivity index (χ1v) is 8.31. The normalized spacial score (nSPS) is 14.6. The Bertz CT molecular complexity index is 498. The Morgan fingerprint density at radius 3 is 2.16 bits per heavy atom. The van der Waals surface area contributed by atoms with E-state index in [1.54, 1.807) is 24.3 Å². The third kappa shape index (κ3) is 4.51. The topological polar surface area (TPSA) is 67.5 Å². The Morgan fingerprint density at radius 2 is 1.74 bits per heavy atom. The molecule has 0 aromatic heterocycles. The van der Waals surface area contributed by atoms with E-state index in [0.717, 1.165) is 12.8 Å². The van der Waals surface area contributed by atoms with E-state index in [0.29, 0.717) is 10.6 Å². The Labute approximate surface area is 117 Å². The van der Waals surface area contributed by atoms with Crippen LogP contribution in [0.4, 0.5) is 5.69 Å². The molecule has 0 saturated heterocycles. The highest BCUT2D eigenvalue weighted by atomic mass is 32.2. The van der Waals surface area contributed by atoms with Crippen LogP contribution in [0.25, 0.3) is 0 Å². The molecule has 4 nitrogen and oxygen atoms in total. The second-order valence-electron chi connectivity index (χ2n) is 4.93. The lowest BCUT2D eigenvalue weighted by atomic mass is 10.2. The number of hydrogen-bond donors (Lipinski definition) is 2. The fourth-order valence-electron chi connectivity index (χ4n) is 1.79. The summed E-state index contributed by atoms with van der Waals surface area (Å²) in [5.41, 5.74) is 6.35. The van der Waals surface area contributed by atoms with Crippen LogP contribution in [0.3, 0.4) is 0 Å². The van der Waals surface area contributed by atoms with E-state index >= 15 is 0 Å². The molecule has 3 N–H and O–H groups in total. The van der Waals surface area contributed by atoms with Gasteiger partial charge < -0.3 is 5.73 Å². The summed E-state index contributed by atoms with van der Waals surface area (Å²) in [5.74, 6) is 0. The van der Waals surface area contributed by atoms with E-state index in [-0.39, 0.29) is 12.1 Å². The minimum Gasteiger partial charge on any atom is -0.399 e. The molecule has 1 rings (SSSR count). The predicted octanol–water partition coefficient (Wildman–Crippen LogP) is 3.20. The van der Waals surface area contributed by atoms with Crippen LogP contribution in [0.1, 0.15) is 40.5 Å². The number of nitrogens with zero attached hydrogens (tertiary/aromatic N) is 1. The molecule has 0 aliphatic carbocycles. The van der Waals surface area contributed by atoms with Crippen LogP contribution in [0.5, 0.6) is 0 Å². The summed E-state index contributed by atoms with van der Waals surface area (Å²) in [6.45, 7) is 8.04. The molecule has 0 radical (unpaired) electrons. The van der Waals surface area contributed by atoms with Crippen molar-refractivity contribution >= 4 is 15.6 Å². The lowest BCUT2D eigenvalue weighted by Crippen LogP contribution is -2.34. The van der Waals surface area contributed by atoms with E-state index in [2.05, 4.69) is 22.9 Å². The Kier molecular flexibility index (Phi) is 5.82. The SMILES string of the molecule is CCC(CC)NS(=O)(=NC(C)C)c1ccc(N)cc1.